The number of carbonyl (C=O) groups excluding carboxylic acids is 1. The molecule has 0 radical (unpaired) electrons. The van der Waals surface area contributed by atoms with Gasteiger partial charge < -0.3 is 14.7 Å². The van der Waals surface area contributed by atoms with E-state index in [9.17, 15) is 26.7 Å². The Kier molecular flexibility index (Phi) is 8.66. The zero-order valence-electron chi connectivity index (χ0n) is 21.7. The number of hydrogen-bond donors (Lipinski definition) is 2. The summed E-state index contributed by atoms with van der Waals surface area (Å²) in [6.45, 7) is 3.36. The van der Waals surface area contributed by atoms with Crippen LogP contribution in [0.15, 0.2) is 75.1 Å². The van der Waals surface area contributed by atoms with Crippen molar-refractivity contribution in [2.24, 2.45) is 5.92 Å². The number of para-hydroxylation sites is 1. The third-order valence-electron chi connectivity index (χ3n) is 6.58. The number of anilines is 1. The molecule has 210 valence electrons. The molecule has 2 aromatic carbocycles. The van der Waals surface area contributed by atoms with E-state index >= 15 is 0 Å². The number of nitrogens with one attached hydrogen (secondary N) is 1. The van der Waals surface area contributed by atoms with Crippen molar-refractivity contribution in [3.63, 3.8) is 0 Å². The van der Waals surface area contributed by atoms with Crippen molar-refractivity contribution in [1.82, 2.24) is 9.21 Å². The van der Waals surface area contributed by atoms with Crippen LogP contribution >= 0.6 is 11.3 Å². The summed E-state index contributed by atoms with van der Waals surface area (Å²) in [7, 11) is -6.38. The van der Waals surface area contributed by atoms with Crippen molar-refractivity contribution in [2.45, 2.75) is 35.1 Å². The molecular formula is C26H31N3O7S3. The minimum absolute atomic E-state index is 0.000157. The first-order valence-electron chi connectivity index (χ1n) is 12.2. The molecule has 3 atom stereocenters. The maximum atomic E-state index is 13.6. The van der Waals surface area contributed by atoms with Gasteiger partial charge in [-0.25, -0.2) is 16.8 Å². The fourth-order valence-electron chi connectivity index (χ4n) is 4.28. The number of likely N-dealkylation sites (N-methyl/N-ethyl adjacent to an activating group) is 1. The fraction of sp³-hybridized carbons (Fsp3) is 0.346. The molecule has 0 spiro atoms. The summed E-state index contributed by atoms with van der Waals surface area (Å²) in [5, 5.41) is 11.5. The summed E-state index contributed by atoms with van der Waals surface area (Å²) in [6, 6.07) is 15.1. The molecular weight excluding hydrogens is 563 g/mol. The number of thiophene rings is 1. The molecule has 13 heteroatoms. The summed E-state index contributed by atoms with van der Waals surface area (Å²) < 4.78 is 62.7. The van der Waals surface area contributed by atoms with Crippen LogP contribution in [-0.4, -0.2) is 75.9 Å². The van der Waals surface area contributed by atoms with E-state index in [0.29, 0.717) is 0 Å². The van der Waals surface area contributed by atoms with Crippen LogP contribution < -0.4 is 9.46 Å². The van der Waals surface area contributed by atoms with Gasteiger partial charge in [0.15, 0.2) is 5.75 Å². The molecule has 2 heterocycles. The Balaban J connectivity index is 1.76. The van der Waals surface area contributed by atoms with Gasteiger partial charge in [-0.3, -0.25) is 9.52 Å². The molecule has 4 rings (SSSR count). The lowest BCUT2D eigenvalue weighted by atomic mass is 9.99. The van der Waals surface area contributed by atoms with E-state index in [-0.39, 0.29) is 51.7 Å². The molecule has 0 saturated heterocycles. The number of nitrogens with zero attached hydrogens (tertiary/aromatic N) is 2. The maximum absolute atomic E-state index is 13.6. The summed E-state index contributed by atoms with van der Waals surface area (Å²) in [5.74, 6) is -0.814. The lowest BCUT2D eigenvalue weighted by Gasteiger charge is -2.38. The number of benzene rings is 2. The smallest absolute Gasteiger partial charge is 0.271 e. The molecule has 0 aliphatic carbocycles. The number of carbonyl (C=O) groups is 1. The van der Waals surface area contributed by atoms with Crippen molar-refractivity contribution in [1.29, 1.82) is 0 Å². The van der Waals surface area contributed by atoms with Crippen molar-refractivity contribution in [3.8, 4) is 5.75 Å². The number of sulfonamides is 2. The molecule has 0 fully saturated rings. The quantitative estimate of drug-likeness (QED) is 0.390. The number of amides is 1. The first kappa shape index (κ1) is 29.0. The second-order valence-corrected chi connectivity index (χ2v) is 14.3. The largest absolute Gasteiger partial charge is 0.486 e. The van der Waals surface area contributed by atoms with Crippen molar-refractivity contribution in [2.75, 3.05) is 31.5 Å². The van der Waals surface area contributed by atoms with Crippen LogP contribution in [0.25, 0.3) is 0 Å². The number of hydrogen-bond acceptors (Lipinski definition) is 8. The third-order valence-corrected chi connectivity index (χ3v) is 11.2. The Morgan fingerprint density at radius 3 is 2.46 bits per heavy atom. The number of aliphatic hydroxyl groups is 1. The monoisotopic (exact) mass is 593 g/mol. The Bertz CT molecular complexity index is 1510. The molecule has 1 aliphatic heterocycles. The molecule has 3 aromatic rings. The molecule has 0 bridgehead atoms. The molecule has 0 unspecified atom stereocenters. The fourth-order valence-corrected chi connectivity index (χ4v) is 7.54. The minimum atomic E-state index is -3.97. The summed E-state index contributed by atoms with van der Waals surface area (Å²) >= 11 is 1.04. The molecule has 1 aromatic heterocycles. The van der Waals surface area contributed by atoms with E-state index in [1.54, 1.807) is 42.6 Å². The summed E-state index contributed by atoms with van der Waals surface area (Å²) in [5.41, 5.74) is 0.158. The van der Waals surface area contributed by atoms with Crippen molar-refractivity contribution >= 4 is 43.0 Å². The van der Waals surface area contributed by atoms with Crippen LogP contribution in [0.3, 0.4) is 0 Å². The van der Waals surface area contributed by atoms with Gasteiger partial charge >= 0.3 is 0 Å². The van der Waals surface area contributed by atoms with E-state index in [1.807, 2.05) is 6.92 Å². The molecule has 2 N–H and O–H groups in total. The second kappa shape index (κ2) is 11.6. The van der Waals surface area contributed by atoms with Crippen LogP contribution in [0.1, 0.15) is 24.2 Å². The Morgan fingerprint density at radius 2 is 1.82 bits per heavy atom. The van der Waals surface area contributed by atoms with Gasteiger partial charge in [0.1, 0.15) is 10.3 Å². The van der Waals surface area contributed by atoms with E-state index in [2.05, 4.69) is 4.72 Å². The first-order chi connectivity index (χ1) is 18.5. The zero-order chi connectivity index (χ0) is 28.4. The van der Waals surface area contributed by atoms with E-state index in [4.69, 9.17) is 4.74 Å². The van der Waals surface area contributed by atoms with Gasteiger partial charge in [-0.2, -0.15) is 4.31 Å². The minimum Gasteiger partial charge on any atom is -0.486 e. The summed E-state index contributed by atoms with van der Waals surface area (Å²) in [6.07, 6.45) is -0.763. The van der Waals surface area contributed by atoms with Crippen LogP contribution in [-0.2, 0) is 20.0 Å². The highest BCUT2D eigenvalue weighted by atomic mass is 32.2. The van der Waals surface area contributed by atoms with Crippen LogP contribution in [0.4, 0.5) is 5.69 Å². The van der Waals surface area contributed by atoms with Gasteiger partial charge in [0, 0.05) is 19.5 Å². The van der Waals surface area contributed by atoms with Crippen molar-refractivity contribution < 1.29 is 31.5 Å². The predicted molar refractivity (Wildman–Crippen MR) is 149 cm³/mol. The SMILES string of the molecule is C[C@H](CO)N1C[C@H](C)[C@H](CN(C)S(=O)(=O)c2ccccc2)Oc2c(NS(=O)(=O)c3cccs3)cccc2C1=O. The predicted octanol–water partition coefficient (Wildman–Crippen LogP) is 3.09. The number of fused-ring (bicyclic) bond motifs is 1. The molecule has 39 heavy (non-hydrogen) atoms. The highest BCUT2D eigenvalue weighted by Crippen LogP contribution is 2.36. The Morgan fingerprint density at radius 1 is 1.10 bits per heavy atom. The Labute approximate surface area is 232 Å². The number of ether oxygens (including phenoxy) is 1. The van der Waals surface area contributed by atoms with Crippen LogP contribution in [0.2, 0.25) is 0 Å². The average molecular weight is 594 g/mol. The van der Waals surface area contributed by atoms with E-state index in [1.165, 1.54) is 46.6 Å². The summed E-state index contributed by atoms with van der Waals surface area (Å²) in [4.78, 5) is 15.2. The van der Waals surface area contributed by atoms with Gasteiger partial charge in [0.05, 0.1) is 35.3 Å². The second-order valence-electron chi connectivity index (χ2n) is 9.44. The van der Waals surface area contributed by atoms with Gasteiger partial charge in [0.2, 0.25) is 10.0 Å². The molecule has 0 saturated carbocycles. The maximum Gasteiger partial charge on any atom is 0.271 e. The van der Waals surface area contributed by atoms with Crippen molar-refractivity contribution in [3.05, 3.63) is 71.6 Å². The first-order valence-corrected chi connectivity index (χ1v) is 16.0. The van der Waals surface area contributed by atoms with Gasteiger partial charge in [-0.05, 0) is 42.6 Å². The van der Waals surface area contributed by atoms with Gasteiger partial charge in [-0.15, -0.1) is 11.3 Å². The Hall–Kier alpha value is -2.97. The van der Waals surface area contributed by atoms with Crippen LogP contribution in [0, 0.1) is 5.92 Å². The lowest BCUT2D eigenvalue weighted by Crippen LogP contribution is -2.50. The van der Waals surface area contributed by atoms with Gasteiger partial charge in [-0.1, -0.05) is 37.3 Å². The molecule has 1 aliphatic rings. The van der Waals surface area contributed by atoms with E-state index < -0.39 is 38.1 Å². The van der Waals surface area contributed by atoms with Crippen LogP contribution in [0.5, 0.6) is 5.75 Å². The van der Waals surface area contributed by atoms with Gasteiger partial charge in [0.25, 0.3) is 15.9 Å². The van der Waals surface area contributed by atoms with E-state index in [0.717, 1.165) is 11.3 Å². The lowest BCUT2D eigenvalue weighted by molar-refractivity contribution is 0.0389. The number of aliphatic hydroxyl groups excluding tert-OH is 1. The molecule has 10 nitrogen and oxygen atoms in total. The highest BCUT2D eigenvalue weighted by Gasteiger charge is 2.36. The average Bonchev–Trinajstić information content (AvgIpc) is 3.47. The topological polar surface area (TPSA) is 133 Å². The standard InChI is InChI=1S/C26H31N3O7S3/c1-18-15-29(19(2)17-30)26(31)21-11-7-12-22(27-38(32,33)24-13-8-14-37-24)25(21)36-23(18)16-28(3)39(34,35)20-9-5-4-6-10-20/h4-14,18-19,23,27,30H,15-17H2,1-3H3/t18-,19+,23-/m0/s1. The molecule has 1 amide bonds. The number of rotatable bonds is 9. The third kappa shape index (κ3) is 6.12. The zero-order valence-corrected chi connectivity index (χ0v) is 24.2. The normalized spacial score (nSPS) is 19.1. The highest BCUT2D eigenvalue weighted by molar-refractivity contribution is 7.94.